The predicted molar refractivity (Wildman–Crippen MR) is 60.7 cm³/mol. The summed E-state index contributed by atoms with van der Waals surface area (Å²) in [5, 5.41) is 9.01. The Morgan fingerprint density at radius 3 is 2.20 bits per heavy atom. The van der Waals surface area contributed by atoms with Crippen molar-refractivity contribution in [3.8, 4) is 0 Å². The Bertz CT molecular complexity index is 354. The maximum absolute atomic E-state index is 11.0. The molecule has 3 nitrogen and oxygen atoms in total. The van der Waals surface area contributed by atoms with E-state index in [4.69, 9.17) is 10.8 Å². The molecule has 1 aromatic rings. The van der Waals surface area contributed by atoms with E-state index in [1.165, 1.54) is 0 Å². The molecular formula is C12H17NO2. The quantitative estimate of drug-likeness (QED) is 0.747. The Hall–Kier alpha value is -1.51. The first-order chi connectivity index (χ1) is 6.85. The highest BCUT2D eigenvalue weighted by Gasteiger charge is 2.32. The van der Waals surface area contributed by atoms with Crippen molar-refractivity contribution in [2.75, 3.05) is 5.73 Å². The monoisotopic (exact) mass is 207 g/mol. The van der Waals surface area contributed by atoms with E-state index in [1.54, 1.807) is 19.1 Å². The normalized spacial score (nSPS) is 13.5. The lowest BCUT2D eigenvalue weighted by Gasteiger charge is -2.29. The molecule has 1 aromatic carbocycles. The SMILES string of the molecule is CC(C(=O)O)C(C)(C)c1ccc(N)cc1. The van der Waals surface area contributed by atoms with Crippen LogP contribution in [0.25, 0.3) is 0 Å². The average molecular weight is 207 g/mol. The minimum atomic E-state index is -0.781. The zero-order chi connectivity index (χ0) is 11.6. The number of hydrogen-bond acceptors (Lipinski definition) is 2. The lowest BCUT2D eigenvalue weighted by atomic mass is 9.74. The van der Waals surface area contributed by atoms with Crippen molar-refractivity contribution >= 4 is 11.7 Å². The molecule has 0 aromatic heterocycles. The van der Waals surface area contributed by atoms with E-state index >= 15 is 0 Å². The van der Waals surface area contributed by atoms with Crippen LogP contribution in [0.1, 0.15) is 26.3 Å². The number of carbonyl (C=O) groups is 1. The topological polar surface area (TPSA) is 63.3 Å². The second-order valence-corrected chi connectivity index (χ2v) is 4.40. The molecule has 1 atom stereocenters. The van der Waals surface area contributed by atoms with Gasteiger partial charge in [-0.25, -0.2) is 0 Å². The maximum Gasteiger partial charge on any atom is 0.307 e. The molecule has 0 aliphatic carbocycles. The zero-order valence-corrected chi connectivity index (χ0v) is 9.32. The second-order valence-electron chi connectivity index (χ2n) is 4.40. The van der Waals surface area contributed by atoms with Gasteiger partial charge in [0.15, 0.2) is 0 Å². The van der Waals surface area contributed by atoms with Gasteiger partial charge in [0.1, 0.15) is 0 Å². The van der Waals surface area contributed by atoms with Gasteiger partial charge in [-0.3, -0.25) is 4.79 Å². The van der Waals surface area contributed by atoms with Gasteiger partial charge in [-0.1, -0.05) is 32.9 Å². The third-order valence-electron chi connectivity index (χ3n) is 3.11. The fourth-order valence-electron chi connectivity index (χ4n) is 1.47. The van der Waals surface area contributed by atoms with Gasteiger partial charge in [-0.2, -0.15) is 0 Å². The van der Waals surface area contributed by atoms with E-state index in [0.717, 1.165) is 5.56 Å². The minimum Gasteiger partial charge on any atom is -0.481 e. The summed E-state index contributed by atoms with van der Waals surface area (Å²) in [5.41, 5.74) is 6.88. The number of carboxylic acids is 1. The number of anilines is 1. The molecule has 3 N–H and O–H groups in total. The molecule has 0 saturated heterocycles. The van der Waals surface area contributed by atoms with Crippen LogP contribution < -0.4 is 5.73 Å². The molecule has 1 unspecified atom stereocenters. The summed E-state index contributed by atoms with van der Waals surface area (Å²) in [6, 6.07) is 7.36. The van der Waals surface area contributed by atoms with Crippen molar-refractivity contribution in [1.29, 1.82) is 0 Å². The van der Waals surface area contributed by atoms with Crippen LogP contribution in [0.15, 0.2) is 24.3 Å². The van der Waals surface area contributed by atoms with Crippen LogP contribution in [0.4, 0.5) is 5.69 Å². The molecule has 0 amide bonds. The number of benzene rings is 1. The van der Waals surface area contributed by atoms with Crippen molar-refractivity contribution in [3.63, 3.8) is 0 Å². The van der Waals surface area contributed by atoms with Gasteiger partial charge in [0.05, 0.1) is 5.92 Å². The lowest BCUT2D eigenvalue weighted by Crippen LogP contribution is -2.32. The van der Waals surface area contributed by atoms with E-state index in [1.807, 2.05) is 26.0 Å². The van der Waals surface area contributed by atoms with Crippen molar-refractivity contribution in [1.82, 2.24) is 0 Å². The Balaban J connectivity index is 3.05. The molecule has 0 aliphatic rings. The summed E-state index contributed by atoms with van der Waals surface area (Å²) in [6.45, 7) is 5.58. The first kappa shape index (κ1) is 11.6. The van der Waals surface area contributed by atoms with Gasteiger partial charge in [0, 0.05) is 11.1 Å². The fourth-order valence-corrected chi connectivity index (χ4v) is 1.47. The molecule has 0 bridgehead atoms. The van der Waals surface area contributed by atoms with Crippen LogP contribution in [0.3, 0.4) is 0 Å². The number of rotatable bonds is 3. The standard InChI is InChI=1S/C12H17NO2/c1-8(11(14)15)12(2,3)9-4-6-10(13)7-5-9/h4-8H,13H2,1-3H3,(H,14,15). The summed E-state index contributed by atoms with van der Waals surface area (Å²) < 4.78 is 0. The molecule has 0 radical (unpaired) electrons. The van der Waals surface area contributed by atoms with Gasteiger partial charge >= 0.3 is 5.97 Å². The van der Waals surface area contributed by atoms with Gasteiger partial charge in [0.2, 0.25) is 0 Å². The molecule has 3 heteroatoms. The third-order valence-corrected chi connectivity index (χ3v) is 3.11. The Labute approximate surface area is 89.9 Å². The van der Waals surface area contributed by atoms with Gasteiger partial charge in [-0.15, -0.1) is 0 Å². The fraction of sp³-hybridized carbons (Fsp3) is 0.417. The molecule has 1 rings (SSSR count). The van der Waals surface area contributed by atoms with Crippen LogP contribution in [-0.4, -0.2) is 11.1 Å². The summed E-state index contributed by atoms with van der Waals surface area (Å²) in [5.74, 6) is -1.21. The van der Waals surface area contributed by atoms with E-state index in [2.05, 4.69) is 0 Å². The third kappa shape index (κ3) is 2.29. The average Bonchev–Trinajstić information content (AvgIpc) is 2.17. The Morgan fingerprint density at radius 2 is 1.80 bits per heavy atom. The molecule has 0 saturated carbocycles. The van der Waals surface area contributed by atoms with Crippen molar-refractivity contribution < 1.29 is 9.90 Å². The Morgan fingerprint density at radius 1 is 1.33 bits per heavy atom. The van der Waals surface area contributed by atoms with Crippen LogP contribution >= 0.6 is 0 Å². The maximum atomic E-state index is 11.0. The summed E-state index contributed by atoms with van der Waals surface area (Å²) in [4.78, 5) is 11.0. The smallest absolute Gasteiger partial charge is 0.307 e. The van der Waals surface area contributed by atoms with Crippen molar-refractivity contribution in [2.24, 2.45) is 5.92 Å². The highest BCUT2D eigenvalue weighted by molar-refractivity contribution is 5.71. The van der Waals surface area contributed by atoms with Crippen molar-refractivity contribution in [2.45, 2.75) is 26.2 Å². The van der Waals surface area contributed by atoms with E-state index < -0.39 is 11.9 Å². The zero-order valence-electron chi connectivity index (χ0n) is 9.32. The molecular weight excluding hydrogens is 190 g/mol. The highest BCUT2D eigenvalue weighted by Crippen LogP contribution is 2.32. The van der Waals surface area contributed by atoms with Crippen LogP contribution in [-0.2, 0) is 10.2 Å². The van der Waals surface area contributed by atoms with Crippen LogP contribution in [0.2, 0.25) is 0 Å². The van der Waals surface area contributed by atoms with Crippen molar-refractivity contribution in [3.05, 3.63) is 29.8 Å². The van der Waals surface area contributed by atoms with E-state index in [9.17, 15) is 4.79 Å². The first-order valence-corrected chi connectivity index (χ1v) is 4.94. The molecule has 15 heavy (non-hydrogen) atoms. The summed E-state index contributed by atoms with van der Waals surface area (Å²) >= 11 is 0. The predicted octanol–water partition coefficient (Wildman–Crippen LogP) is 2.27. The lowest BCUT2D eigenvalue weighted by molar-refractivity contribution is -0.143. The number of nitrogens with two attached hydrogens (primary N) is 1. The van der Waals surface area contributed by atoms with E-state index in [-0.39, 0.29) is 5.41 Å². The van der Waals surface area contributed by atoms with Gasteiger partial charge < -0.3 is 10.8 Å². The number of hydrogen-bond donors (Lipinski definition) is 2. The molecule has 0 heterocycles. The Kier molecular flexibility index (Phi) is 3.03. The largest absolute Gasteiger partial charge is 0.481 e. The molecule has 82 valence electrons. The van der Waals surface area contributed by atoms with Crippen LogP contribution in [0, 0.1) is 5.92 Å². The molecule has 0 spiro atoms. The van der Waals surface area contributed by atoms with Gasteiger partial charge in [-0.05, 0) is 17.7 Å². The highest BCUT2D eigenvalue weighted by atomic mass is 16.4. The summed E-state index contributed by atoms with van der Waals surface area (Å²) in [6.07, 6.45) is 0. The summed E-state index contributed by atoms with van der Waals surface area (Å²) in [7, 11) is 0. The number of carboxylic acid groups (broad SMARTS) is 1. The molecule has 0 aliphatic heterocycles. The first-order valence-electron chi connectivity index (χ1n) is 4.94. The minimum absolute atomic E-state index is 0.389. The van der Waals surface area contributed by atoms with Gasteiger partial charge in [0.25, 0.3) is 0 Å². The molecule has 0 fully saturated rings. The second kappa shape index (κ2) is 3.93. The van der Waals surface area contributed by atoms with E-state index in [0.29, 0.717) is 5.69 Å². The number of nitrogen functional groups attached to an aromatic ring is 1. The van der Waals surface area contributed by atoms with Crippen LogP contribution in [0.5, 0.6) is 0 Å². The number of aliphatic carboxylic acids is 1.